The molecule has 0 N–H and O–H groups in total. The molecule has 0 amide bonds. The highest BCUT2D eigenvalue weighted by Crippen LogP contribution is 2.65. The Bertz CT molecular complexity index is 1400. The number of methoxy groups -OCH3 is 1. The van der Waals surface area contributed by atoms with Gasteiger partial charge in [0.25, 0.3) is 0 Å². The van der Waals surface area contributed by atoms with Crippen LogP contribution in [-0.2, 0) is 16.1 Å². The molecule has 2 aliphatic carbocycles. The van der Waals surface area contributed by atoms with E-state index in [2.05, 4.69) is 37.5 Å². The van der Waals surface area contributed by atoms with E-state index in [0.717, 1.165) is 43.6 Å². The van der Waals surface area contributed by atoms with Crippen molar-refractivity contribution in [2.75, 3.05) is 7.11 Å². The van der Waals surface area contributed by atoms with Crippen LogP contribution in [-0.4, -0.2) is 23.4 Å². The molecule has 0 saturated heterocycles. The third-order valence-electron chi connectivity index (χ3n) is 8.75. The van der Waals surface area contributed by atoms with Crippen LogP contribution in [0, 0.1) is 24.1 Å². The number of hydrogen-bond donors (Lipinski definition) is 0. The van der Waals surface area contributed by atoms with Gasteiger partial charge in [0.05, 0.1) is 25.1 Å². The standard InChI is InChI=1S/C30H33FN2O2/c1-16(2)28-27(20-11-30(12-20)13-21(14-30)29(34)35-5)24-9-19-15-32-18(4)23(19)10-26(24)33(28)22-6-7-25(31)17(3)8-22/h6-10,16,20-21H,11-15H2,1-5H3. The van der Waals surface area contributed by atoms with Crippen molar-refractivity contribution in [1.29, 1.82) is 0 Å². The number of fused-ring (bicyclic) bond motifs is 2. The maximum atomic E-state index is 14.2. The van der Waals surface area contributed by atoms with Gasteiger partial charge in [-0.2, -0.15) is 0 Å². The first-order valence-corrected chi connectivity index (χ1v) is 12.8. The van der Waals surface area contributed by atoms with Gasteiger partial charge in [0.15, 0.2) is 0 Å². The number of halogens is 1. The molecule has 2 heterocycles. The molecular weight excluding hydrogens is 439 g/mol. The molecule has 4 nitrogen and oxygen atoms in total. The van der Waals surface area contributed by atoms with E-state index in [0.29, 0.717) is 17.4 Å². The number of benzene rings is 2. The largest absolute Gasteiger partial charge is 0.469 e. The Hall–Kier alpha value is -2.95. The molecular formula is C30H33FN2O2. The van der Waals surface area contributed by atoms with Gasteiger partial charge in [-0.05, 0) is 104 Å². The summed E-state index contributed by atoms with van der Waals surface area (Å²) in [6, 6.07) is 10.1. The fourth-order valence-electron chi connectivity index (χ4n) is 7.06. The van der Waals surface area contributed by atoms with Gasteiger partial charge in [0.1, 0.15) is 5.82 Å². The summed E-state index contributed by atoms with van der Waals surface area (Å²) in [4.78, 5) is 16.7. The van der Waals surface area contributed by atoms with Crippen LogP contribution in [0.15, 0.2) is 35.3 Å². The van der Waals surface area contributed by atoms with Crippen LogP contribution in [0.1, 0.15) is 86.2 Å². The molecule has 5 heteroatoms. The number of carbonyl (C=O) groups excluding carboxylic acids is 1. The Kier molecular flexibility index (Phi) is 5.00. The Balaban J connectivity index is 1.49. The van der Waals surface area contributed by atoms with E-state index in [1.165, 1.54) is 40.4 Å². The van der Waals surface area contributed by atoms with Crippen LogP contribution < -0.4 is 0 Å². The fraction of sp³-hybridized carbons (Fsp3) is 0.467. The second kappa shape index (κ2) is 7.78. The minimum absolute atomic E-state index is 0.0591. The summed E-state index contributed by atoms with van der Waals surface area (Å²) < 4.78 is 21.6. The van der Waals surface area contributed by atoms with Crippen LogP contribution >= 0.6 is 0 Å². The lowest BCUT2D eigenvalue weighted by Crippen LogP contribution is -2.49. The van der Waals surface area contributed by atoms with Crippen LogP contribution in [0.2, 0.25) is 0 Å². The maximum Gasteiger partial charge on any atom is 0.308 e. The first-order valence-electron chi connectivity index (χ1n) is 12.8. The number of ether oxygens (including phenoxy) is 1. The van der Waals surface area contributed by atoms with Gasteiger partial charge < -0.3 is 9.30 Å². The second-order valence-electron chi connectivity index (χ2n) is 11.4. The van der Waals surface area contributed by atoms with Crippen molar-refractivity contribution in [3.05, 3.63) is 64.1 Å². The van der Waals surface area contributed by atoms with Crippen molar-refractivity contribution >= 4 is 22.6 Å². The zero-order valence-electron chi connectivity index (χ0n) is 21.2. The van der Waals surface area contributed by atoms with Crippen LogP contribution in [0.4, 0.5) is 4.39 Å². The van der Waals surface area contributed by atoms with Crippen molar-refractivity contribution in [2.24, 2.45) is 16.3 Å². The van der Waals surface area contributed by atoms with Crippen LogP contribution in [0.3, 0.4) is 0 Å². The number of hydrogen-bond acceptors (Lipinski definition) is 3. The molecule has 35 heavy (non-hydrogen) atoms. The predicted octanol–water partition coefficient (Wildman–Crippen LogP) is 6.97. The Morgan fingerprint density at radius 3 is 2.54 bits per heavy atom. The SMILES string of the molecule is COC(=O)C1CC2(C1)CC(c1c(C(C)C)n(-c3ccc(F)c(C)c3)c3cc4c(cc13)CN=C4C)C2. The minimum Gasteiger partial charge on any atom is -0.469 e. The molecule has 0 radical (unpaired) electrons. The van der Waals surface area contributed by atoms with Gasteiger partial charge in [-0.1, -0.05) is 13.8 Å². The summed E-state index contributed by atoms with van der Waals surface area (Å²) in [5.74, 6) is 0.617. The fourth-order valence-corrected chi connectivity index (χ4v) is 7.06. The van der Waals surface area contributed by atoms with Crippen LogP contribution in [0.25, 0.3) is 16.6 Å². The van der Waals surface area contributed by atoms with Gasteiger partial charge in [-0.15, -0.1) is 0 Å². The lowest BCUT2D eigenvalue weighted by Gasteiger charge is -2.57. The first kappa shape index (κ1) is 22.5. The van der Waals surface area contributed by atoms with Crippen LogP contribution in [0.5, 0.6) is 0 Å². The zero-order chi connectivity index (χ0) is 24.6. The number of aliphatic imine (C=N–C) groups is 1. The number of aromatic nitrogens is 1. The van der Waals surface area contributed by atoms with Crippen molar-refractivity contribution in [3.63, 3.8) is 0 Å². The lowest BCUT2D eigenvalue weighted by atomic mass is 9.47. The summed E-state index contributed by atoms with van der Waals surface area (Å²) in [5.41, 5.74) is 9.52. The summed E-state index contributed by atoms with van der Waals surface area (Å²) in [6.07, 6.45) is 4.14. The Labute approximate surface area is 206 Å². The highest BCUT2D eigenvalue weighted by molar-refractivity contribution is 6.06. The molecule has 2 fully saturated rings. The number of aryl methyl sites for hydroxylation is 1. The smallest absolute Gasteiger partial charge is 0.308 e. The molecule has 6 rings (SSSR count). The van der Waals surface area contributed by atoms with E-state index in [-0.39, 0.29) is 23.1 Å². The molecule has 0 unspecified atom stereocenters. The quantitative estimate of drug-likeness (QED) is 0.385. The van der Waals surface area contributed by atoms with Gasteiger partial charge in [0, 0.05) is 28.0 Å². The molecule has 3 aromatic rings. The van der Waals surface area contributed by atoms with E-state index in [1.807, 2.05) is 19.1 Å². The number of carbonyl (C=O) groups is 1. The second-order valence-corrected chi connectivity index (χ2v) is 11.4. The topological polar surface area (TPSA) is 43.6 Å². The first-order chi connectivity index (χ1) is 16.7. The molecule has 2 aromatic carbocycles. The monoisotopic (exact) mass is 472 g/mol. The van der Waals surface area contributed by atoms with Gasteiger partial charge >= 0.3 is 5.97 Å². The van der Waals surface area contributed by atoms with E-state index >= 15 is 0 Å². The normalized spacial score (nSPS) is 24.9. The number of rotatable bonds is 4. The number of nitrogens with zero attached hydrogens (tertiary/aromatic N) is 2. The Morgan fingerprint density at radius 2 is 1.89 bits per heavy atom. The third-order valence-corrected chi connectivity index (χ3v) is 8.75. The van der Waals surface area contributed by atoms with E-state index < -0.39 is 0 Å². The highest BCUT2D eigenvalue weighted by Gasteiger charge is 2.56. The summed E-state index contributed by atoms with van der Waals surface area (Å²) in [6.45, 7) is 9.18. The summed E-state index contributed by atoms with van der Waals surface area (Å²) >= 11 is 0. The highest BCUT2D eigenvalue weighted by atomic mass is 19.1. The van der Waals surface area contributed by atoms with Gasteiger partial charge in [-0.25, -0.2) is 4.39 Å². The average molecular weight is 473 g/mol. The maximum absolute atomic E-state index is 14.2. The molecule has 182 valence electrons. The molecule has 0 bridgehead atoms. The van der Waals surface area contributed by atoms with E-state index in [1.54, 1.807) is 6.07 Å². The minimum atomic E-state index is -0.175. The summed E-state index contributed by atoms with van der Waals surface area (Å²) in [7, 11) is 1.49. The molecule has 1 spiro atoms. The number of esters is 1. The average Bonchev–Trinajstić information content (AvgIpc) is 3.30. The van der Waals surface area contributed by atoms with Gasteiger partial charge in [0.2, 0.25) is 0 Å². The zero-order valence-corrected chi connectivity index (χ0v) is 21.2. The lowest BCUT2D eigenvalue weighted by molar-refractivity contribution is -0.159. The third kappa shape index (κ3) is 3.30. The van der Waals surface area contributed by atoms with Crippen molar-refractivity contribution in [2.45, 2.75) is 71.8 Å². The van der Waals surface area contributed by atoms with E-state index in [9.17, 15) is 9.18 Å². The van der Waals surface area contributed by atoms with Crippen molar-refractivity contribution < 1.29 is 13.9 Å². The molecule has 1 aliphatic heterocycles. The Morgan fingerprint density at radius 1 is 1.14 bits per heavy atom. The van der Waals surface area contributed by atoms with E-state index in [4.69, 9.17) is 9.73 Å². The molecule has 0 atom stereocenters. The predicted molar refractivity (Wildman–Crippen MR) is 137 cm³/mol. The van der Waals surface area contributed by atoms with Crippen molar-refractivity contribution in [3.8, 4) is 5.69 Å². The van der Waals surface area contributed by atoms with Gasteiger partial charge in [-0.3, -0.25) is 9.79 Å². The molecule has 2 saturated carbocycles. The molecule has 1 aromatic heterocycles. The summed E-state index contributed by atoms with van der Waals surface area (Å²) in [5, 5.41) is 1.31. The molecule has 3 aliphatic rings. The van der Waals surface area contributed by atoms with Crippen molar-refractivity contribution in [1.82, 2.24) is 4.57 Å².